The van der Waals surface area contributed by atoms with Gasteiger partial charge in [0.25, 0.3) is 0 Å². The van der Waals surface area contributed by atoms with Gasteiger partial charge < -0.3 is 14.2 Å². The van der Waals surface area contributed by atoms with E-state index in [4.69, 9.17) is 4.42 Å². The number of amides is 1. The minimum absolute atomic E-state index is 0.0198. The second-order valence-electron chi connectivity index (χ2n) is 6.75. The topological polar surface area (TPSA) is 62.5 Å². The third-order valence-corrected chi connectivity index (χ3v) is 4.94. The Balaban J connectivity index is 1.31. The maximum absolute atomic E-state index is 12.4. The van der Waals surface area contributed by atoms with Gasteiger partial charge in [-0.1, -0.05) is 6.92 Å². The summed E-state index contributed by atoms with van der Waals surface area (Å²) in [6.07, 6.45) is 8.05. The van der Waals surface area contributed by atoms with Gasteiger partial charge in [-0.15, -0.1) is 0 Å². The van der Waals surface area contributed by atoms with Crippen LogP contribution in [0.3, 0.4) is 0 Å². The van der Waals surface area contributed by atoms with Crippen LogP contribution in [0, 0.1) is 5.92 Å². The number of carbonyl (C=O) groups is 1. The molecule has 2 fully saturated rings. The molecule has 1 aliphatic heterocycles. The van der Waals surface area contributed by atoms with Crippen molar-refractivity contribution >= 4 is 17.9 Å². The van der Waals surface area contributed by atoms with E-state index in [9.17, 15) is 4.79 Å². The Labute approximate surface area is 147 Å². The molecule has 1 saturated carbocycles. The molecule has 25 heavy (non-hydrogen) atoms. The quantitative estimate of drug-likeness (QED) is 0.802. The lowest BCUT2D eigenvalue weighted by atomic mass is 10.2. The van der Waals surface area contributed by atoms with Crippen LogP contribution in [-0.2, 0) is 4.79 Å². The molecular formula is C19H22N4O2. The molecule has 3 heterocycles. The molecule has 2 aliphatic rings. The summed E-state index contributed by atoms with van der Waals surface area (Å²) in [4.78, 5) is 24.8. The van der Waals surface area contributed by atoms with Crippen molar-refractivity contribution in [2.45, 2.75) is 19.3 Å². The Morgan fingerprint density at radius 2 is 1.92 bits per heavy atom. The second-order valence-corrected chi connectivity index (χ2v) is 6.75. The van der Waals surface area contributed by atoms with Crippen LogP contribution in [0.4, 0.5) is 5.95 Å². The Kier molecular flexibility index (Phi) is 4.26. The van der Waals surface area contributed by atoms with Crippen molar-refractivity contribution in [2.24, 2.45) is 5.92 Å². The minimum Gasteiger partial charge on any atom is -0.461 e. The molecule has 2 aromatic rings. The van der Waals surface area contributed by atoms with Gasteiger partial charge in [-0.2, -0.15) is 0 Å². The lowest BCUT2D eigenvalue weighted by Crippen LogP contribution is -2.48. The van der Waals surface area contributed by atoms with E-state index in [0.29, 0.717) is 19.0 Å². The number of anilines is 1. The second kappa shape index (κ2) is 6.70. The van der Waals surface area contributed by atoms with Gasteiger partial charge in [0.15, 0.2) is 0 Å². The van der Waals surface area contributed by atoms with Crippen molar-refractivity contribution in [1.82, 2.24) is 14.9 Å². The zero-order chi connectivity index (χ0) is 17.2. The molecule has 1 saturated heterocycles. The lowest BCUT2D eigenvalue weighted by molar-refractivity contribution is -0.126. The number of hydrogen-bond donors (Lipinski definition) is 0. The largest absolute Gasteiger partial charge is 0.461 e. The fourth-order valence-corrected chi connectivity index (χ4v) is 3.22. The smallest absolute Gasteiger partial charge is 0.246 e. The molecular weight excluding hydrogens is 316 g/mol. The van der Waals surface area contributed by atoms with E-state index in [0.717, 1.165) is 36.5 Å². The molecule has 0 aromatic carbocycles. The summed E-state index contributed by atoms with van der Waals surface area (Å²) in [5.74, 6) is 3.81. The van der Waals surface area contributed by atoms with Gasteiger partial charge in [-0.3, -0.25) is 4.79 Å². The van der Waals surface area contributed by atoms with E-state index in [-0.39, 0.29) is 5.91 Å². The Morgan fingerprint density at radius 3 is 2.60 bits per heavy atom. The predicted molar refractivity (Wildman–Crippen MR) is 95.1 cm³/mol. The highest BCUT2D eigenvalue weighted by Gasteiger charge is 2.36. The van der Waals surface area contributed by atoms with Crippen molar-refractivity contribution < 1.29 is 9.21 Å². The van der Waals surface area contributed by atoms with Crippen LogP contribution in [0.5, 0.6) is 0 Å². The first-order chi connectivity index (χ1) is 12.2. The number of hydrogen-bond acceptors (Lipinski definition) is 5. The molecule has 6 nitrogen and oxygen atoms in total. The highest BCUT2D eigenvalue weighted by Crippen LogP contribution is 2.47. The van der Waals surface area contributed by atoms with Gasteiger partial charge in [0.2, 0.25) is 11.9 Å². The SMILES string of the molecule is CC1CC1c1ccc(C=CC(=O)N2CCN(c3ncccn3)CC2)o1. The summed E-state index contributed by atoms with van der Waals surface area (Å²) in [7, 11) is 0. The molecule has 130 valence electrons. The summed E-state index contributed by atoms with van der Waals surface area (Å²) < 4.78 is 5.81. The number of aromatic nitrogens is 2. The van der Waals surface area contributed by atoms with Crippen molar-refractivity contribution in [3.05, 3.63) is 48.2 Å². The van der Waals surface area contributed by atoms with Crippen LogP contribution in [0.2, 0.25) is 0 Å². The zero-order valence-corrected chi connectivity index (χ0v) is 14.3. The van der Waals surface area contributed by atoms with E-state index >= 15 is 0 Å². The summed E-state index contributed by atoms with van der Waals surface area (Å²) >= 11 is 0. The van der Waals surface area contributed by atoms with Gasteiger partial charge >= 0.3 is 0 Å². The first kappa shape index (κ1) is 15.9. The van der Waals surface area contributed by atoms with Crippen LogP contribution < -0.4 is 4.90 Å². The molecule has 0 bridgehead atoms. The molecule has 2 aromatic heterocycles. The molecule has 0 N–H and O–H groups in total. The molecule has 0 spiro atoms. The Hall–Kier alpha value is -2.63. The van der Waals surface area contributed by atoms with Gasteiger partial charge in [-0.25, -0.2) is 9.97 Å². The molecule has 2 unspecified atom stereocenters. The molecule has 4 rings (SSSR count). The number of nitrogens with zero attached hydrogens (tertiary/aromatic N) is 4. The molecule has 6 heteroatoms. The van der Waals surface area contributed by atoms with Crippen LogP contribution in [-0.4, -0.2) is 47.0 Å². The van der Waals surface area contributed by atoms with Gasteiger partial charge in [-0.05, 0) is 36.6 Å². The highest BCUT2D eigenvalue weighted by atomic mass is 16.3. The third kappa shape index (κ3) is 3.57. The summed E-state index contributed by atoms with van der Waals surface area (Å²) in [5.41, 5.74) is 0. The summed E-state index contributed by atoms with van der Waals surface area (Å²) in [5, 5.41) is 0. The predicted octanol–water partition coefficient (Wildman–Crippen LogP) is 2.56. The Morgan fingerprint density at radius 1 is 1.20 bits per heavy atom. The van der Waals surface area contributed by atoms with Crippen LogP contribution in [0.25, 0.3) is 6.08 Å². The van der Waals surface area contributed by atoms with Gasteiger partial charge in [0.05, 0.1) is 0 Å². The van der Waals surface area contributed by atoms with Gasteiger partial charge in [0, 0.05) is 50.6 Å². The van der Waals surface area contributed by atoms with Crippen LogP contribution in [0.15, 0.2) is 41.1 Å². The molecule has 2 atom stereocenters. The average molecular weight is 338 g/mol. The first-order valence-electron chi connectivity index (χ1n) is 8.79. The van der Waals surface area contributed by atoms with E-state index in [1.54, 1.807) is 30.6 Å². The minimum atomic E-state index is 0.0198. The van der Waals surface area contributed by atoms with Crippen LogP contribution in [0.1, 0.15) is 30.8 Å². The van der Waals surface area contributed by atoms with Crippen molar-refractivity contribution in [1.29, 1.82) is 0 Å². The van der Waals surface area contributed by atoms with Crippen molar-refractivity contribution in [2.75, 3.05) is 31.1 Å². The van der Waals surface area contributed by atoms with Crippen molar-refractivity contribution in [3.63, 3.8) is 0 Å². The highest BCUT2D eigenvalue weighted by molar-refractivity contribution is 5.91. The van der Waals surface area contributed by atoms with E-state index in [1.807, 2.05) is 17.0 Å². The Bertz CT molecular complexity index is 763. The monoisotopic (exact) mass is 338 g/mol. The fourth-order valence-electron chi connectivity index (χ4n) is 3.22. The number of carbonyl (C=O) groups excluding carboxylic acids is 1. The fraction of sp³-hybridized carbons (Fsp3) is 0.421. The summed E-state index contributed by atoms with van der Waals surface area (Å²) in [6, 6.07) is 5.77. The maximum atomic E-state index is 12.4. The number of piperazine rings is 1. The first-order valence-corrected chi connectivity index (χ1v) is 8.79. The average Bonchev–Trinajstić information content (AvgIpc) is 3.20. The molecule has 0 radical (unpaired) electrons. The van der Waals surface area contributed by atoms with Crippen LogP contribution >= 0.6 is 0 Å². The molecule has 1 aliphatic carbocycles. The summed E-state index contributed by atoms with van der Waals surface area (Å²) in [6.45, 7) is 5.06. The van der Waals surface area contributed by atoms with E-state index in [2.05, 4.69) is 21.8 Å². The van der Waals surface area contributed by atoms with Gasteiger partial charge in [0.1, 0.15) is 11.5 Å². The third-order valence-electron chi connectivity index (χ3n) is 4.94. The number of furan rings is 1. The maximum Gasteiger partial charge on any atom is 0.246 e. The number of rotatable bonds is 4. The molecule has 1 amide bonds. The van der Waals surface area contributed by atoms with Crippen molar-refractivity contribution in [3.8, 4) is 0 Å². The standard InChI is InChI=1S/C19H22N4O2/c1-14-13-16(14)17-5-3-15(25-17)4-6-18(24)22-9-11-23(12-10-22)19-20-7-2-8-21-19/h2-8,14,16H,9-13H2,1H3. The zero-order valence-electron chi connectivity index (χ0n) is 14.3. The normalized spacial score (nSPS) is 23.2. The van der Waals surface area contributed by atoms with E-state index in [1.165, 1.54) is 6.42 Å². The van der Waals surface area contributed by atoms with E-state index < -0.39 is 0 Å². The lowest BCUT2D eigenvalue weighted by Gasteiger charge is -2.34.